The average molecular weight is 426 g/mol. The number of hydrogen-bond donors (Lipinski definition) is 1. The van der Waals surface area contributed by atoms with Crippen LogP contribution in [0.4, 0.5) is 5.69 Å². The third kappa shape index (κ3) is 5.88. The van der Waals surface area contributed by atoms with E-state index < -0.39 is 18.5 Å². The predicted molar refractivity (Wildman–Crippen MR) is 114 cm³/mol. The van der Waals surface area contributed by atoms with E-state index in [1.807, 2.05) is 17.5 Å². The van der Waals surface area contributed by atoms with Gasteiger partial charge >= 0.3 is 5.97 Å². The van der Waals surface area contributed by atoms with Crippen molar-refractivity contribution in [3.63, 3.8) is 0 Å². The Kier molecular flexibility index (Phi) is 6.94. The second-order valence-electron chi connectivity index (χ2n) is 5.89. The first kappa shape index (κ1) is 20.5. The molecule has 0 saturated heterocycles. The second kappa shape index (κ2) is 9.82. The first-order valence-corrected chi connectivity index (χ1v) is 9.86. The number of thiophene rings is 1. The number of nitrogens with one attached hydrogen (secondary N) is 1. The van der Waals surface area contributed by atoms with Gasteiger partial charge in [0.1, 0.15) is 0 Å². The number of anilines is 1. The molecule has 0 aliphatic rings. The SMILES string of the molecule is O=C(COC(=O)/C=C/c1cccs1)Nc1ccc(Cl)cc1C(=O)c1ccccc1. The van der Waals surface area contributed by atoms with Gasteiger partial charge in [-0.3, -0.25) is 9.59 Å². The molecule has 5 nitrogen and oxygen atoms in total. The van der Waals surface area contributed by atoms with Crippen LogP contribution in [0.1, 0.15) is 20.8 Å². The molecule has 0 fully saturated rings. The van der Waals surface area contributed by atoms with Crippen LogP contribution >= 0.6 is 22.9 Å². The van der Waals surface area contributed by atoms with Crippen molar-refractivity contribution < 1.29 is 19.1 Å². The van der Waals surface area contributed by atoms with E-state index in [2.05, 4.69) is 5.32 Å². The van der Waals surface area contributed by atoms with Crippen LogP contribution in [0.15, 0.2) is 72.1 Å². The molecule has 0 unspecified atom stereocenters. The Hall–Kier alpha value is -3.22. The Morgan fingerprint density at radius 1 is 1.03 bits per heavy atom. The maximum atomic E-state index is 12.8. The van der Waals surface area contributed by atoms with Crippen molar-refractivity contribution in [1.82, 2.24) is 0 Å². The molecule has 3 rings (SSSR count). The molecule has 29 heavy (non-hydrogen) atoms. The molecule has 0 atom stereocenters. The predicted octanol–water partition coefficient (Wildman–Crippen LogP) is 4.83. The molecule has 0 aliphatic carbocycles. The first-order valence-electron chi connectivity index (χ1n) is 8.60. The molecule has 0 aliphatic heterocycles. The standard InChI is InChI=1S/C22H16ClNO4S/c23-16-8-10-19(18(13-16)22(27)15-5-2-1-3-6-15)24-20(25)14-28-21(26)11-9-17-7-4-12-29-17/h1-13H,14H2,(H,24,25)/b11-9+. The first-order chi connectivity index (χ1) is 14.0. The van der Waals surface area contributed by atoms with Gasteiger partial charge in [0.05, 0.1) is 5.69 Å². The molecule has 1 heterocycles. The summed E-state index contributed by atoms with van der Waals surface area (Å²) in [6, 6.07) is 17.0. The summed E-state index contributed by atoms with van der Waals surface area (Å²) in [4.78, 5) is 37.6. The number of ketones is 1. The summed E-state index contributed by atoms with van der Waals surface area (Å²) in [6.07, 6.45) is 2.87. The van der Waals surface area contributed by atoms with Gasteiger partial charge in [-0.25, -0.2) is 4.79 Å². The van der Waals surface area contributed by atoms with E-state index in [1.54, 1.807) is 42.5 Å². The molecule has 146 valence electrons. The zero-order chi connectivity index (χ0) is 20.6. The summed E-state index contributed by atoms with van der Waals surface area (Å²) in [7, 11) is 0. The van der Waals surface area contributed by atoms with Crippen LogP contribution in [-0.2, 0) is 14.3 Å². The Bertz CT molecular complexity index is 1050. The molecule has 0 radical (unpaired) electrons. The highest BCUT2D eigenvalue weighted by atomic mass is 35.5. The molecular weight excluding hydrogens is 410 g/mol. The molecule has 0 saturated carbocycles. The van der Waals surface area contributed by atoms with E-state index >= 15 is 0 Å². The molecule has 3 aromatic rings. The van der Waals surface area contributed by atoms with Gasteiger partial charge in [-0.1, -0.05) is 48.0 Å². The second-order valence-corrected chi connectivity index (χ2v) is 7.31. The highest BCUT2D eigenvalue weighted by Crippen LogP contribution is 2.23. The lowest BCUT2D eigenvalue weighted by atomic mass is 10.0. The van der Waals surface area contributed by atoms with E-state index in [0.29, 0.717) is 16.3 Å². The number of carbonyl (C=O) groups excluding carboxylic acids is 3. The Morgan fingerprint density at radius 2 is 1.83 bits per heavy atom. The number of halogens is 1. The zero-order valence-corrected chi connectivity index (χ0v) is 16.7. The molecule has 1 aromatic heterocycles. The van der Waals surface area contributed by atoms with E-state index in [4.69, 9.17) is 16.3 Å². The van der Waals surface area contributed by atoms with Gasteiger partial charge in [0.25, 0.3) is 5.91 Å². The number of amides is 1. The van der Waals surface area contributed by atoms with Crippen LogP contribution in [-0.4, -0.2) is 24.3 Å². The fourth-order valence-corrected chi connectivity index (χ4v) is 3.26. The molecule has 0 spiro atoms. The summed E-state index contributed by atoms with van der Waals surface area (Å²) in [5.74, 6) is -1.48. The van der Waals surface area contributed by atoms with Gasteiger partial charge in [0.2, 0.25) is 0 Å². The van der Waals surface area contributed by atoms with Crippen molar-refractivity contribution in [3.8, 4) is 0 Å². The Balaban J connectivity index is 1.64. The highest BCUT2D eigenvalue weighted by molar-refractivity contribution is 7.10. The van der Waals surface area contributed by atoms with E-state index in [9.17, 15) is 14.4 Å². The maximum absolute atomic E-state index is 12.8. The number of benzene rings is 2. The average Bonchev–Trinajstić information content (AvgIpc) is 3.26. The molecular formula is C22H16ClNO4S. The van der Waals surface area contributed by atoms with Crippen LogP contribution in [0, 0.1) is 0 Å². The van der Waals surface area contributed by atoms with Crippen LogP contribution in [0.5, 0.6) is 0 Å². The Morgan fingerprint density at radius 3 is 2.55 bits per heavy atom. The molecule has 7 heteroatoms. The van der Waals surface area contributed by atoms with Crippen LogP contribution < -0.4 is 5.32 Å². The van der Waals surface area contributed by atoms with Crippen LogP contribution in [0.25, 0.3) is 6.08 Å². The van der Waals surface area contributed by atoms with Gasteiger partial charge in [-0.05, 0) is 35.7 Å². The highest BCUT2D eigenvalue weighted by Gasteiger charge is 2.16. The summed E-state index contributed by atoms with van der Waals surface area (Å²) < 4.78 is 4.94. The van der Waals surface area contributed by atoms with Gasteiger partial charge in [-0.15, -0.1) is 11.3 Å². The van der Waals surface area contributed by atoms with Crippen molar-refractivity contribution in [2.45, 2.75) is 0 Å². The van der Waals surface area contributed by atoms with Gasteiger partial charge in [0.15, 0.2) is 12.4 Å². The molecule has 1 N–H and O–H groups in total. The lowest BCUT2D eigenvalue weighted by Crippen LogP contribution is -2.21. The van der Waals surface area contributed by atoms with Crippen molar-refractivity contribution >= 4 is 52.4 Å². The van der Waals surface area contributed by atoms with Gasteiger partial charge in [-0.2, -0.15) is 0 Å². The van der Waals surface area contributed by atoms with Gasteiger partial charge < -0.3 is 10.1 Å². The van der Waals surface area contributed by atoms with Crippen molar-refractivity contribution in [2.75, 3.05) is 11.9 Å². The topological polar surface area (TPSA) is 72.5 Å². The molecule has 0 bridgehead atoms. The number of carbonyl (C=O) groups is 3. The number of hydrogen-bond acceptors (Lipinski definition) is 5. The number of rotatable bonds is 7. The lowest BCUT2D eigenvalue weighted by Gasteiger charge is -2.11. The monoisotopic (exact) mass is 425 g/mol. The van der Waals surface area contributed by atoms with Crippen molar-refractivity contribution in [2.24, 2.45) is 0 Å². The quantitative estimate of drug-likeness (QED) is 0.334. The Labute approximate surface area is 176 Å². The summed E-state index contributed by atoms with van der Waals surface area (Å²) >= 11 is 7.50. The minimum absolute atomic E-state index is 0.251. The van der Waals surface area contributed by atoms with Crippen molar-refractivity contribution in [1.29, 1.82) is 0 Å². The minimum Gasteiger partial charge on any atom is -0.452 e. The van der Waals surface area contributed by atoms with E-state index in [0.717, 1.165) is 4.88 Å². The minimum atomic E-state index is -0.634. The van der Waals surface area contributed by atoms with E-state index in [1.165, 1.54) is 29.5 Å². The third-order valence-electron chi connectivity index (χ3n) is 3.81. The molecule has 1 amide bonds. The van der Waals surface area contributed by atoms with Crippen LogP contribution in [0.3, 0.4) is 0 Å². The van der Waals surface area contributed by atoms with Gasteiger partial charge in [0, 0.05) is 27.1 Å². The lowest BCUT2D eigenvalue weighted by molar-refractivity contribution is -0.142. The maximum Gasteiger partial charge on any atom is 0.331 e. The largest absolute Gasteiger partial charge is 0.452 e. The van der Waals surface area contributed by atoms with Crippen molar-refractivity contribution in [3.05, 3.63) is 93.1 Å². The van der Waals surface area contributed by atoms with E-state index in [-0.39, 0.29) is 11.3 Å². The normalized spacial score (nSPS) is 10.7. The summed E-state index contributed by atoms with van der Waals surface area (Å²) in [6.45, 7) is -0.477. The summed E-state index contributed by atoms with van der Waals surface area (Å²) in [5, 5.41) is 4.85. The fourth-order valence-electron chi connectivity index (χ4n) is 2.47. The zero-order valence-electron chi connectivity index (χ0n) is 15.1. The number of esters is 1. The number of ether oxygens (including phenoxy) is 1. The fraction of sp³-hybridized carbons (Fsp3) is 0.0455. The summed E-state index contributed by atoms with van der Waals surface area (Å²) in [5.41, 5.74) is 1.01. The molecule has 2 aromatic carbocycles. The third-order valence-corrected chi connectivity index (χ3v) is 4.88. The van der Waals surface area contributed by atoms with Crippen LogP contribution in [0.2, 0.25) is 5.02 Å². The smallest absolute Gasteiger partial charge is 0.331 e.